The molecule has 0 N–H and O–H groups in total. The summed E-state index contributed by atoms with van der Waals surface area (Å²) in [6.45, 7) is 4.90. The minimum atomic E-state index is 0.692. The Kier molecular flexibility index (Phi) is 6.13. The van der Waals surface area contributed by atoms with Crippen molar-refractivity contribution in [3.8, 4) is 16.9 Å². The van der Waals surface area contributed by atoms with Crippen molar-refractivity contribution in [3.05, 3.63) is 53.1 Å². The molecule has 0 saturated heterocycles. The first-order chi connectivity index (χ1) is 10.2. The average molecular weight is 303 g/mol. The molecule has 0 heterocycles. The van der Waals surface area contributed by atoms with Crippen LogP contribution < -0.4 is 4.74 Å². The zero-order valence-corrected chi connectivity index (χ0v) is 13.6. The molecular formula is C19H23ClO. The first-order valence-electron chi connectivity index (χ1n) is 7.76. The summed E-state index contributed by atoms with van der Waals surface area (Å²) in [7, 11) is 0. The lowest BCUT2D eigenvalue weighted by molar-refractivity contribution is 0.340. The molecule has 0 saturated carbocycles. The minimum Gasteiger partial charge on any atom is -0.494 e. The second-order valence-electron chi connectivity index (χ2n) is 5.22. The summed E-state index contributed by atoms with van der Waals surface area (Å²) < 4.78 is 5.47. The van der Waals surface area contributed by atoms with Gasteiger partial charge in [0.25, 0.3) is 0 Å². The van der Waals surface area contributed by atoms with Crippen molar-refractivity contribution < 1.29 is 4.74 Å². The summed E-state index contributed by atoms with van der Waals surface area (Å²) in [5.74, 6) is 0.906. The quantitative estimate of drug-likeness (QED) is 0.558. The lowest BCUT2D eigenvalue weighted by Gasteiger charge is -2.08. The molecule has 2 rings (SSSR count). The highest BCUT2D eigenvalue weighted by atomic mass is 35.5. The molecule has 0 fully saturated rings. The van der Waals surface area contributed by atoms with Crippen molar-refractivity contribution in [1.29, 1.82) is 0 Å². The highest BCUT2D eigenvalue weighted by molar-refractivity contribution is 6.31. The molecule has 2 heteroatoms. The predicted molar refractivity (Wildman–Crippen MR) is 91.3 cm³/mol. The number of hydrogen-bond acceptors (Lipinski definition) is 1. The maximum absolute atomic E-state index is 6.41. The molecule has 0 atom stereocenters. The third-order valence-corrected chi connectivity index (χ3v) is 3.95. The van der Waals surface area contributed by atoms with Gasteiger partial charge in [-0.1, -0.05) is 55.6 Å². The van der Waals surface area contributed by atoms with Gasteiger partial charge in [-0.2, -0.15) is 0 Å². The van der Waals surface area contributed by atoms with E-state index in [1.165, 1.54) is 30.4 Å². The van der Waals surface area contributed by atoms with E-state index in [9.17, 15) is 0 Å². The van der Waals surface area contributed by atoms with Crippen LogP contribution in [0.2, 0.25) is 5.02 Å². The molecule has 0 aliphatic heterocycles. The van der Waals surface area contributed by atoms with Gasteiger partial charge in [-0.05, 0) is 54.7 Å². The van der Waals surface area contributed by atoms with E-state index in [0.717, 1.165) is 22.8 Å². The number of halogens is 1. The number of aryl methyl sites for hydroxylation is 1. The molecule has 0 aromatic heterocycles. The molecule has 112 valence electrons. The molecule has 0 aliphatic rings. The van der Waals surface area contributed by atoms with Crippen molar-refractivity contribution in [1.82, 2.24) is 0 Å². The smallest absolute Gasteiger partial charge is 0.119 e. The van der Waals surface area contributed by atoms with Crippen LogP contribution in [0.15, 0.2) is 42.5 Å². The molecule has 2 aromatic carbocycles. The van der Waals surface area contributed by atoms with Crippen LogP contribution in [0, 0.1) is 0 Å². The third-order valence-electron chi connectivity index (χ3n) is 3.60. The summed E-state index contributed by atoms with van der Waals surface area (Å²) in [6.07, 6.45) is 4.77. The molecule has 21 heavy (non-hydrogen) atoms. The molecule has 0 bridgehead atoms. The van der Waals surface area contributed by atoms with Crippen LogP contribution in [-0.4, -0.2) is 6.61 Å². The van der Waals surface area contributed by atoms with Crippen molar-refractivity contribution >= 4 is 11.6 Å². The van der Waals surface area contributed by atoms with Crippen LogP contribution >= 0.6 is 11.6 Å². The van der Waals surface area contributed by atoms with E-state index in [-0.39, 0.29) is 0 Å². The van der Waals surface area contributed by atoms with Gasteiger partial charge in [0.1, 0.15) is 5.75 Å². The van der Waals surface area contributed by atoms with Crippen LogP contribution in [0.5, 0.6) is 5.75 Å². The molecule has 1 nitrogen and oxygen atoms in total. The van der Waals surface area contributed by atoms with Crippen molar-refractivity contribution in [2.45, 2.75) is 39.5 Å². The molecular weight excluding hydrogens is 280 g/mol. The third kappa shape index (κ3) is 4.50. The monoisotopic (exact) mass is 302 g/mol. The van der Waals surface area contributed by atoms with Gasteiger partial charge in [0.2, 0.25) is 0 Å². The number of rotatable bonds is 7. The topological polar surface area (TPSA) is 9.23 Å². The van der Waals surface area contributed by atoms with Crippen LogP contribution in [0.4, 0.5) is 0 Å². The number of benzene rings is 2. The van der Waals surface area contributed by atoms with Gasteiger partial charge in [-0.25, -0.2) is 0 Å². The molecule has 2 aromatic rings. The summed E-state index contributed by atoms with van der Waals surface area (Å²) >= 11 is 6.41. The second kappa shape index (κ2) is 8.09. The van der Waals surface area contributed by atoms with Gasteiger partial charge < -0.3 is 4.74 Å². The Morgan fingerprint density at radius 1 is 0.905 bits per heavy atom. The Morgan fingerprint density at radius 3 is 2.24 bits per heavy atom. The fourth-order valence-corrected chi connectivity index (χ4v) is 2.68. The van der Waals surface area contributed by atoms with Gasteiger partial charge >= 0.3 is 0 Å². The number of hydrogen-bond donors (Lipinski definition) is 0. The van der Waals surface area contributed by atoms with Crippen LogP contribution in [0.25, 0.3) is 11.1 Å². The maximum Gasteiger partial charge on any atom is 0.119 e. The minimum absolute atomic E-state index is 0.692. The van der Waals surface area contributed by atoms with E-state index >= 15 is 0 Å². The summed E-state index contributed by atoms with van der Waals surface area (Å²) in [6, 6.07) is 14.5. The summed E-state index contributed by atoms with van der Waals surface area (Å²) in [5, 5.41) is 0.873. The van der Waals surface area contributed by atoms with Gasteiger partial charge in [0.15, 0.2) is 0 Å². The Bertz CT molecular complexity index is 560. The second-order valence-corrected chi connectivity index (χ2v) is 5.63. The summed E-state index contributed by atoms with van der Waals surface area (Å²) in [4.78, 5) is 0. The zero-order chi connectivity index (χ0) is 15.1. The van der Waals surface area contributed by atoms with E-state index in [0.29, 0.717) is 6.61 Å². The average Bonchev–Trinajstić information content (AvgIpc) is 2.50. The molecule has 0 radical (unpaired) electrons. The Labute approximate surface area is 132 Å². The Morgan fingerprint density at radius 2 is 1.62 bits per heavy atom. The number of ether oxygens (including phenoxy) is 1. The molecule has 0 unspecified atom stereocenters. The lowest BCUT2D eigenvalue weighted by Crippen LogP contribution is -1.91. The number of unbranched alkanes of at least 4 members (excludes halogenated alkanes) is 2. The van der Waals surface area contributed by atoms with Crippen LogP contribution in [-0.2, 0) is 6.42 Å². The van der Waals surface area contributed by atoms with Gasteiger partial charge in [0, 0.05) is 5.02 Å². The summed E-state index contributed by atoms with van der Waals surface area (Å²) in [5.41, 5.74) is 3.57. The predicted octanol–water partition coefficient (Wildman–Crippen LogP) is 6.14. The standard InChI is InChI=1S/C19H23ClO/c1-3-5-6-7-16-8-9-17(14-19(16)20)15-10-12-18(13-11-15)21-4-2/h8-14H,3-7H2,1-2H3. The fourth-order valence-electron chi connectivity index (χ4n) is 2.41. The molecule has 0 spiro atoms. The normalized spacial score (nSPS) is 10.6. The van der Waals surface area contributed by atoms with E-state index < -0.39 is 0 Å². The van der Waals surface area contributed by atoms with E-state index in [1.54, 1.807) is 0 Å². The highest BCUT2D eigenvalue weighted by Gasteiger charge is 2.04. The van der Waals surface area contributed by atoms with Crippen molar-refractivity contribution in [2.24, 2.45) is 0 Å². The molecule has 0 aliphatic carbocycles. The maximum atomic E-state index is 6.41. The van der Waals surface area contributed by atoms with Crippen LogP contribution in [0.1, 0.15) is 38.7 Å². The largest absolute Gasteiger partial charge is 0.494 e. The Balaban J connectivity index is 2.11. The fraction of sp³-hybridized carbons (Fsp3) is 0.368. The van der Waals surface area contributed by atoms with E-state index in [1.807, 2.05) is 19.1 Å². The van der Waals surface area contributed by atoms with Gasteiger partial charge in [-0.3, -0.25) is 0 Å². The van der Waals surface area contributed by atoms with Crippen molar-refractivity contribution in [3.63, 3.8) is 0 Å². The zero-order valence-electron chi connectivity index (χ0n) is 12.9. The van der Waals surface area contributed by atoms with Crippen molar-refractivity contribution in [2.75, 3.05) is 6.61 Å². The van der Waals surface area contributed by atoms with E-state index in [2.05, 4.69) is 37.3 Å². The van der Waals surface area contributed by atoms with Gasteiger partial charge in [0.05, 0.1) is 6.61 Å². The Hall–Kier alpha value is -1.47. The van der Waals surface area contributed by atoms with Gasteiger partial charge in [-0.15, -0.1) is 0 Å². The first kappa shape index (κ1) is 15.9. The molecule has 0 amide bonds. The lowest BCUT2D eigenvalue weighted by atomic mass is 10.0. The SMILES string of the molecule is CCCCCc1ccc(-c2ccc(OCC)cc2)cc1Cl. The highest BCUT2D eigenvalue weighted by Crippen LogP contribution is 2.28. The first-order valence-corrected chi connectivity index (χ1v) is 8.14. The van der Waals surface area contributed by atoms with Crippen LogP contribution in [0.3, 0.4) is 0 Å². The van der Waals surface area contributed by atoms with E-state index in [4.69, 9.17) is 16.3 Å².